The highest BCUT2D eigenvalue weighted by molar-refractivity contribution is 6.46. The Labute approximate surface area is 220 Å². The number of carbonyl (C=O) groups is 2. The van der Waals surface area contributed by atoms with Gasteiger partial charge in [-0.3, -0.25) is 14.6 Å². The Morgan fingerprint density at radius 3 is 2.08 bits per heavy atom. The van der Waals surface area contributed by atoms with Gasteiger partial charge in [0.25, 0.3) is 11.7 Å². The van der Waals surface area contributed by atoms with Crippen LogP contribution < -0.4 is 23.7 Å². The van der Waals surface area contributed by atoms with E-state index in [-0.39, 0.29) is 23.4 Å². The second kappa shape index (κ2) is 11.1. The lowest BCUT2D eigenvalue weighted by Gasteiger charge is -2.26. The third kappa shape index (κ3) is 4.68. The van der Waals surface area contributed by atoms with E-state index in [9.17, 15) is 14.7 Å². The summed E-state index contributed by atoms with van der Waals surface area (Å²) in [6.45, 7) is 0.0719. The maximum atomic E-state index is 13.4. The minimum absolute atomic E-state index is 0.0719. The number of aliphatic hydroxyl groups is 1. The third-order valence-corrected chi connectivity index (χ3v) is 6.28. The van der Waals surface area contributed by atoms with Crippen molar-refractivity contribution in [3.8, 4) is 28.7 Å². The second-order valence-corrected chi connectivity index (χ2v) is 8.32. The van der Waals surface area contributed by atoms with Gasteiger partial charge in [0.15, 0.2) is 23.0 Å². The lowest BCUT2D eigenvalue weighted by Crippen LogP contribution is -2.29. The molecule has 2 aromatic carbocycles. The third-order valence-electron chi connectivity index (χ3n) is 6.28. The Morgan fingerprint density at radius 1 is 0.868 bits per heavy atom. The number of Topliss-reactive ketones (excluding diaryl/α,β-unsaturated/α-hetero) is 1. The van der Waals surface area contributed by atoms with E-state index in [4.69, 9.17) is 23.7 Å². The fourth-order valence-corrected chi connectivity index (χ4v) is 4.48. The number of methoxy groups -OCH3 is 5. The van der Waals surface area contributed by atoms with Crippen molar-refractivity contribution in [1.82, 2.24) is 9.88 Å². The van der Waals surface area contributed by atoms with Crippen molar-refractivity contribution < 1.29 is 38.4 Å². The molecule has 0 bridgehead atoms. The summed E-state index contributed by atoms with van der Waals surface area (Å²) in [7, 11) is 7.37. The van der Waals surface area contributed by atoms with Crippen molar-refractivity contribution in [3.63, 3.8) is 0 Å². The molecule has 1 saturated heterocycles. The van der Waals surface area contributed by atoms with Gasteiger partial charge >= 0.3 is 0 Å². The van der Waals surface area contributed by atoms with E-state index in [2.05, 4.69) is 4.98 Å². The van der Waals surface area contributed by atoms with E-state index in [0.29, 0.717) is 39.9 Å². The van der Waals surface area contributed by atoms with Crippen LogP contribution >= 0.6 is 0 Å². The van der Waals surface area contributed by atoms with Gasteiger partial charge in [-0.05, 0) is 47.5 Å². The molecule has 0 spiro atoms. The summed E-state index contributed by atoms with van der Waals surface area (Å²) in [5, 5.41) is 11.4. The SMILES string of the molecule is COc1ccc(/C(O)=C2\C(=O)C(=O)N(Cc3cccnc3)C2c2cc(OC)c(OC)c(OC)c2)cc1OC. The summed E-state index contributed by atoms with van der Waals surface area (Å²) >= 11 is 0. The molecular formula is C28H28N2O8. The van der Waals surface area contributed by atoms with Crippen LogP contribution in [-0.4, -0.2) is 62.2 Å². The fourth-order valence-electron chi connectivity index (χ4n) is 4.48. The number of amides is 1. The number of nitrogens with zero attached hydrogens (tertiary/aromatic N) is 2. The molecular weight excluding hydrogens is 492 g/mol. The summed E-state index contributed by atoms with van der Waals surface area (Å²) in [5.74, 6) is -0.151. The van der Waals surface area contributed by atoms with Gasteiger partial charge in [-0.15, -0.1) is 0 Å². The molecule has 1 amide bonds. The lowest BCUT2D eigenvalue weighted by atomic mass is 9.94. The van der Waals surface area contributed by atoms with Crippen molar-refractivity contribution in [1.29, 1.82) is 0 Å². The summed E-state index contributed by atoms with van der Waals surface area (Å²) in [4.78, 5) is 32.3. The van der Waals surface area contributed by atoms with Crippen molar-refractivity contribution >= 4 is 17.4 Å². The van der Waals surface area contributed by atoms with Crippen molar-refractivity contribution in [3.05, 3.63) is 77.1 Å². The monoisotopic (exact) mass is 520 g/mol. The zero-order valence-electron chi connectivity index (χ0n) is 21.7. The zero-order valence-corrected chi connectivity index (χ0v) is 21.7. The first-order valence-corrected chi connectivity index (χ1v) is 11.6. The molecule has 4 rings (SSSR count). The number of ketones is 1. The van der Waals surface area contributed by atoms with Crippen LogP contribution in [0.5, 0.6) is 28.7 Å². The number of benzene rings is 2. The van der Waals surface area contributed by atoms with Crippen molar-refractivity contribution in [2.75, 3.05) is 35.5 Å². The van der Waals surface area contributed by atoms with Gasteiger partial charge in [-0.25, -0.2) is 0 Å². The Balaban J connectivity index is 1.95. The summed E-state index contributed by atoms with van der Waals surface area (Å²) in [6, 6.07) is 10.6. The van der Waals surface area contributed by atoms with Crippen LogP contribution in [0, 0.1) is 0 Å². The van der Waals surface area contributed by atoms with Crippen molar-refractivity contribution in [2.45, 2.75) is 12.6 Å². The average molecular weight is 521 g/mol. The second-order valence-electron chi connectivity index (χ2n) is 8.32. The van der Waals surface area contributed by atoms with Gasteiger partial charge in [0.05, 0.1) is 47.2 Å². The Morgan fingerprint density at radius 2 is 1.53 bits per heavy atom. The predicted molar refractivity (Wildman–Crippen MR) is 138 cm³/mol. The first-order chi connectivity index (χ1) is 18.4. The minimum Gasteiger partial charge on any atom is -0.507 e. The van der Waals surface area contributed by atoms with Crippen LogP contribution in [0.2, 0.25) is 0 Å². The minimum atomic E-state index is -0.975. The molecule has 1 aromatic heterocycles. The van der Waals surface area contributed by atoms with Gasteiger partial charge in [-0.1, -0.05) is 6.07 Å². The van der Waals surface area contributed by atoms with E-state index in [1.54, 1.807) is 48.8 Å². The molecule has 2 heterocycles. The van der Waals surface area contributed by atoms with Crippen LogP contribution in [0.1, 0.15) is 22.7 Å². The molecule has 3 aromatic rings. The largest absolute Gasteiger partial charge is 0.507 e. The Bertz CT molecular complexity index is 1360. The van der Waals surface area contributed by atoms with Crippen LogP contribution in [0.3, 0.4) is 0 Å². The Hall–Kier alpha value is -4.73. The molecule has 1 N–H and O–H groups in total. The number of hydrogen-bond donors (Lipinski definition) is 1. The number of aromatic nitrogens is 1. The number of aliphatic hydroxyl groups excluding tert-OH is 1. The van der Waals surface area contributed by atoms with E-state index in [1.807, 2.05) is 0 Å². The normalized spacial score (nSPS) is 16.3. The van der Waals surface area contributed by atoms with Crippen LogP contribution in [0.15, 0.2) is 60.4 Å². The molecule has 1 fully saturated rings. The van der Waals surface area contributed by atoms with Gasteiger partial charge in [-0.2, -0.15) is 0 Å². The molecule has 0 saturated carbocycles. The number of rotatable bonds is 9. The van der Waals surface area contributed by atoms with Crippen molar-refractivity contribution in [2.24, 2.45) is 0 Å². The standard InChI is InChI=1S/C28H28N2O8/c1-34-19-9-8-17(11-20(19)35-2)25(31)23-24(18-12-21(36-3)27(38-5)22(13-18)37-4)30(28(33)26(23)32)15-16-7-6-10-29-14-16/h6-14,24,31H,15H2,1-5H3/b25-23+. The van der Waals surface area contributed by atoms with Gasteiger partial charge < -0.3 is 33.7 Å². The highest BCUT2D eigenvalue weighted by Gasteiger charge is 2.46. The van der Waals surface area contributed by atoms with Gasteiger partial charge in [0.2, 0.25) is 5.75 Å². The zero-order chi connectivity index (χ0) is 27.4. The number of hydrogen-bond acceptors (Lipinski definition) is 9. The van der Waals surface area contributed by atoms with Gasteiger partial charge in [0, 0.05) is 24.5 Å². The van der Waals surface area contributed by atoms with Crippen LogP contribution in [0.4, 0.5) is 0 Å². The number of carbonyl (C=O) groups excluding carboxylic acids is 2. The van der Waals surface area contributed by atoms with E-state index in [0.717, 1.165) is 0 Å². The summed E-state index contributed by atoms with van der Waals surface area (Å²) in [5.41, 5.74) is 1.36. The molecule has 1 unspecified atom stereocenters. The molecule has 10 heteroatoms. The molecule has 38 heavy (non-hydrogen) atoms. The van der Waals surface area contributed by atoms with E-state index < -0.39 is 17.7 Å². The van der Waals surface area contributed by atoms with E-state index in [1.165, 1.54) is 46.5 Å². The Kier molecular flexibility index (Phi) is 7.71. The molecule has 0 aliphatic carbocycles. The number of ether oxygens (including phenoxy) is 5. The fraction of sp³-hybridized carbons (Fsp3) is 0.250. The molecule has 1 atom stereocenters. The molecule has 1 aliphatic rings. The van der Waals surface area contributed by atoms with Gasteiger partial charge in [0.1, 0.15) is 5.76 Å². The number of pyridine rings is 1. The predicted octanol–water partition coefficient (Wildman–Crippen LogP) is 3.75. The average Bonchev–Trinajstić information content (AvgIpc) is 3.20. The number of likely N-dealkylation sites (tertiary alicyclic amines) is 1. The van der Waals surface area contributed by atoms with Crippen LogP contribution in [-0.2, 0) is 16.1 Å². The lowest BCUT2D eigenvalue weighted by molar-refractivity contribution is -0.140. The topological polar surface area (TPSA) is 117 Å². The highest BCUT2D eigenvalue weighted by Crippen LogP contribution is 2.46. The maximum Gasteiger partial charge on any atom is 0.295 e. The maximum absolute atomic E-state index is 13.4. The van der Waals surface area contributed by atoms with Crippen LogP contribution in [0.25, 0.3) is 5.76 Å². The summed E-state index contributed by atoms with van der Waals surface area (Å²) in [6.07, 6.45) is 3.23. The first-order valence-electron chi connectivity index (χ1n) is 11.6. The first kappa shape index (κ1) is 26.3. The molecule has 0 radical (unpaired) electrons. The summed E-state index contributed by atoms with van der Waals surface area (Å²) < 4.78 is 27.1. The highest BCUT2D eigenvalue weighted by atomic mass is 16.5. The molecule has 10 nitrogen and oxygen atoms in total. The quantitative estimate of drug-likeness (QED) is 0.256. The molecule has 198 valence electrons. The smallest absolute Gasteiger partial charge is 0.295 e. The van der Waals surface area contributed by atoms with E-state index >= 15 is 0 Å². The molecule has 1 aliphatic heterocycles.